The average molecular weight is 689 g/mol. The van der Waals surface area contributed by atoms with Gasteiger partial charge in [0, 0.05) is 33.5 Å². The summed E-state index contributed by atoms with van der Waals surface area (Å²) in [5, 5.41) is 5.04. The van der Waals surface area contributed by atoms with E-state index < -0.39 is 0 Å². The highest BCUT2D eigenvalue weighted by Gasteiger charge is 2.16. The van der Waals surface area contributed by atoms with Gasteiger partial charge in [0.15, 0.2) is 0 Å². The van der Waals surface area contributed by atoms with Crippen molar-refractivity contribution in [3.8, 4) is 39.1 Å². The molecule has 0 bridgehead atoms. The maximum atomic E-state index is 2.37. The van der Waals surface area contributed by atoms with Crippen LogP contribution in [0.4, 0.5) is 17.1 Å². The van der Waals surface area contributed by atoms with Crippen LogP contribution in [0.2, 0.25) is 0 Å². The Hall–Kier alpha value is -7.16. The molecule has 0 fully saturated rings. The summed E-state index contributed by atoms with van der Waals surface area (Å²) in [6, 6.07) is 78.8. The van der Waals surface area contributed by atoms with E-state index in [4.69, 9.17) is 0 Å². The van der Waals surface area contributed by atoms with E-state index in [1.807, 2.05) is 0 Å². The van der Waals surface area contributed by atoms with Crippen molar-refractivity contribution >= 4 is 49.6 Å². The quantitative estimate of drug-likeness (QED) is 0.162. The lowest BCUT2D eigenvalue weighted by Gasteiger charge is -2.26. The van der Waals surface area contributed by atoms with Crippen molar-refractivity contribution in [2.45, 2.75) is 0 Å². The third-order valence-electron chi connectivity index (χ3n) is 10.6. The largest absolute Gasteiger partial charge is 0.311 e. The number of aromatic nitrogens is 1. The van der Waals surface area contributed by atoms with Gasteiger partial charge in [0.1, 0.15) is 0 Å². The van der Waals surface area contributed by atoms with Crippen molar-refractivity contribution < 1.29 is 0 Å². The van der Waals surface area contributed by atoms with E-state index in [1.54, 1.807) is 0 Å². The molecule has 0 unspecified atom stereocenters. The van der Waals surface area contributed by atoms with Gasteiger partial charge in [-0.3, -0.25) is 0 Å². The first-order chi connectivity index (χ1) is 26.8. The summed E-state index contributed by atoms with van der Waals surface area (Å²) in [7, 11) is 0. The third kappa shape index (κ3) is 5.53. The highest BCUT2D eigenvalue weighted by Crippen LogP contribution is 2.41. The fourth-order valence-corrected chi connectivity index (χ4v) is 8.05. The van der Waals surface area contributed by atoms with E-state index in [9.17, 15) is 0 Å². The topological polar surface area (TPSA) is 8.17 Å². The summed E-state index contributed by atoms with van der Waals surface area (Å²) >= 11 is 0. The summed E-state index contributed by atoms with van der Waals surface area (Å²) in [5.41, 5.74) is 14.2. The second-order valence-electron chi connectivity index (χ2n) is 13.8. The van der Waals surface area contributed by atoms with Gasteiger partial charge in [-0.15, -0.1) is 0 Å². The van der Waals surface area contributed by atoms with Gasteiger partial charge in [-0.2, -0.15) is 0 Å². The lowest BCUT2D eigenvalue weighted by molar-refractivity contribution is 1.17. The van der Waals surface area contributed by atoms with Crippen molar-refractivity contribution in [3.63, 3.8) is 0 Å². The number of benzene rings is 9. The van der Waals surface area contributed by atoms with Crippen LogP contribution in [0.15, 0.2) is 218 Å². The summed E-state index contributed by atoms with van der Waals surface area (Å²) in [4.78, 5) is 2.33. The van der Waals surface area contributed by atoms with E-state index in [0.29, 0.717) is 0 Å². The van der Waals surface area contributed by atoms with Crippen molar-refractivity contribution in [1.29, 1.82) is 0 Å². The van der Waals surface area contributed by atoms with Crippen molar-refractivity contribution in [2.24, 2.45) is 0 Å². The van der Waals surface area contributed by atoms with Crippen molar-refractivity contribution in [2.75, 3.05) is 4.90 Å². The van der Waals surface area contributed by atoms with Gasteiger partial charge in [-0.1, -0.05) is 152 Å². The van der Waals surface area contributed by atoms with E-state index in [-0.39, 0.29) is 0 Å². The second-order valence-corrected chi connectivity index (χ2v) is 13.8. The second kappa shape index (κ2) is 13.4. The van der Waals surface area contributed by atoms with Crippen LogP contribution < -0.4 is 4.90 Å². The average Bonchev–Trinajstić information content (AvgIpc) is 3.59. The number of fused-ring (bicyclic) bond motifs is 4. The normalized spacial score (nSPS) is 11.3. The predicted octanol–water partition coefficient (Wildman–Crippen LogP) is 14.4. The van der Waals surface area contributed by atoms with Gasteiger partial charge in [0.25, 0.3) is 0 Å². The Bertz CT molecular complexity index is 2850. The molecule has 254 valence electrons. The highest BCUT2D eigenvalue weighted by molar-refractivity contribution is 6.09. The zero-order valence-corrected chi connectivity index (χ0v) is 29.7. The number of hydrogen-bond acceptors (Lipinski definition) is 1. The molecule has 0 atom stereocenters. The molecule has 1 heterocycles. The van der Waals surface area contributed by atoms with Crippen LogP contribution in [-0.2, 0) is 0 Å². The van der Waals surface area contributed by atoms with Crippen molar-refractivity contribution in [1.82, 2.24) is 4.57 Å². The molecule has 10 rings (SSSR count). The molecule has 2 heteroatoms. The Kier molecular flexibility index (Phi) is 7.85. The van der Waals surface area contributed by atoms with Gasteiger partial charge >= 0.3 is 0 Å². The van der Waals surface area contributed by atoms with Crippen molar-refractivity contribution in [3.05, 3.63) is 218 Å². The molecule has 54 heavy (non-hydrogen) atoms. The SMILES string of the molecule is c1ccc(-c2cc(-c3ccc(N(c4ccccc4)c4ccc(-n5c6ccccc6c6ccccc65)cc4)cc3)ccc2-c2cccc3ccccc23)cc1. The molecule has 0 aliphatic rings. The first-order valence-corrected chi connectivity index (χ1v) is 18.5. The minimum absolute atomic E-state index is 1.10. The minimum Gasteiger partial charge on any atom is -0.311 e. The smallest absolute Gasteiger partial charge is 0.0541 e. The van der Waals surface area contributed by atoms with Gasteiger partial charge in [-0.05, 0) is 111 Å². The molecule has 0 N–H and O–H groups in total. The number of anilines is 3. The molecular weight excluding hydrogens is 653 g/mol. The molecule has 0 spiro atoms. The number of rotatable bonds is 7. The molecule has 0 aliphatic heterocycles. The van der Waals surface area contributed by atoms with Crippen LogP contribution in [0.1, 0.15) is 0 Å². The van der Waals surface area contributed by atoms with Crippen LogP contribution in [0.3, 0.4) is 0 Å². The minimum atomic E-state index is 1.10. The van der Waals surface area contributed by atoms with Gasteiger partial charge in [0.05, 0.1) is 11.0 Å². The van der Waals surface area contributed by atoms with E-state index >= 15 is 0 Å². The molecule has 0 saturated carbocycles. The Morgan fingerprint density at radius 1 is 0.296 bits per heavy atom. The monoisotopic (exact) mass is 688 g/mol. The van der Waals surface area contributed by atoms with Crippen LogP contribution >= 0.6 is 0 Å². The molecule has 9 aromatic carbocycles. The Morgan fingerprint density at radius 2 is 0.815 bits per heavy atom. The summed E-state index contributed by atoms with van der Waals surface area (Å²) in [6.45, 7) is 0. The maximum absolute atomic E-state index is 2.37. The molecule has 1 aromatic heterocycles. The molecule has 0 amide bonds. The highest BCUT2D eigenvalue weighted by atomic mass is 15.1. The zero-order chi connectivity index (χ0) is 35.8. The first-order valence-electron chi connectivity index (χ1n) is 18.5. The van der Waals surface area contributed by atoms with Crippen LogP contribution in [0.5, 0.6) is 0 Å². The van der Waals surface area contributed by atoms with E-state index in [0.717, 1.165) is 22.7 Å². The predicted molar refractivity (Wildman–Crippen MR) is 229 cm³/mol. The zero-order valence-electron chi connectivity index (χ0n) is 29.7. The standard InChI is InChI=1S/C52H36N2/c1-3-14-39(15-4-1)50-36-40(28-35-47(50)46-23-13-17-38-16-7-8-20-45(38)46)37-26-29-42(30-27-37)53(41-18-5-2-6-19-41)43-31-33-44(34-32-43)54-51-24-11-9-21-48(51)49-22-10-12-25-52(49)54/h1-36H. The maximum Gasteiger partial charge on any atom is 0.0541 e. The number of para-hydroxylation sites is 3. The van der Waals surface area contributed by atoms with Gasteiger partial charge < -0.3 is 9.47 Å². The summed E-state index contributed by atoms with van der Waals surface area (Å²) in [5.74, 6) is 0. The lowest BCUT2D eigenvalue weighted by atomic mass is 9.89. The Morgan fingerprint density at radius 3 is 1.50 bits per heavy atom. The number of nitrogens with zero attached hydrogens (tertiary/aromatic N) is 2. The van der Waals surface area contributed by atoms with E-state index in [2.05, 4.69) is 228 Å². The van der Waals surface area contributed by atoms with Gasteiger partial charge in [-0.25, -0.2) is 0 Å². The summed E-state index contributed by atoms with van der Waals surface area (Å²) in [6.07, 6.45) is 0. The van der Waals surface area contributed by atoms with Crippen LogP contribution in [0.25, 0.3) is 71.6 Å². The first kappa shape index (κ1) is 31.6. The molecular formula is C52H36N2. The fourth-order valence-electron chi connectivity index (χ4n) is 8.05. The fraction of sp³-hybridized carbons (Fsp3) is 0. The molecule has 10 aromatic rings. The molecule has 0 aliphatic carbocycles. The molecule has 0 saturated heterocycles. The van der Waals surface area contributed by atoms with E-state index in [1.165, 1.54) is 66.0 Å². The third-order valence-corrected chi connectivity index (χ3v) is 10.6. The summed E-state index contributed by atoms with van der Waals surface area (Å²) < 4.78 is 2.37. The molecule has 2 nitrogen and oxygen atoms in total. The van der Waals surface area contributed by atoms with Crippen LogP contribution in [-0.4, -0.2) is 4.57 Å². The lowest BCUT2D eigenvalue weighted by Crippen LogP contribution is -2.10. The molecule has 0 radical (unpaired) electrons. The Labute approximate surface area is 315 Å². The van der Waals surface area contributed by atoms with Crippen LogP contribution in [0, 0.1) is 0 Å². The van der Waals surface area contributed by atoms with Gasteiger partial charge in [0.2, 0.25) is 0 Å². The number of hydrogen-bond donors (Lipinski definition) is 0. The Balaban J connectivity index is 1.04.